The Labute approximate surface area is 121 Å². The molecule has 0 radical (unpaired) electrons. The molecule has 4 heteroatoms. The molecule has 0 aliphatic rings. The first-order valence-corrected chi connectivity index (χ1v) is 6.61. The molecule has 1 N–H and O–H groups in total. The highest BCUT2D eigenvalue weighted by atomic mass is 35.5. The van der Waals surface area contributed by atoms with Crippen molar-refractivity contribution in [2.24, 2.45) is 0 Å². The van der Waals surface area contributed by atoms with Gasteiger partial charge in [-0.1, -0.05) is 35.3 Å². The predicted octanol–water partition coefficient (Wildman–Crippen LogP) is 4.72. The minimum atomic E-state index is -0.668. The fraction of sp³-hybridized carbons (Fsp3) is 0.200. The van der Waals surface area contributed by atoms with Crippen LogP contribution < -0.4 is 0 Å². The fourth-order valence-corrected chi connectivity index (χ4v) is 2.44. The highest BCUT2D eigenvalue weighted by Crippen LogP contribution is 2.25. The molecule has 2 rings (SSSR count). The standard InChI is InChI=1S/C15H13Cl2FO/c1-9-6-11(16)3-4-12(9)15(19)8-10-2-5-14(18)13(17)7-10/h2-7,15,19H,8H2,1H3. The van der Waals surface area contributed by atoms with Crippen LogP contribution in [0.1, 0.15) is 22.8 Å². The SMILES string of the molecule is Cc1cc(Cl)ccc1C(O)Cc1ccc(F)c(Cl)c1. The summed E-state index contributed by atoms with van der Waals surface area (Å²) in [5.74, 6) is -0.456. The van der Waals surface area contributed by atoms with Gasteiger partial charge >= 0.3 is 0 Å². The summed E-state index contributed by atoms with van der Waals surface area (Å²) in [6, 6.07) is 9.80. The van der Waals surface area contributed by atoms with Gasteiger partial charge in [0.05, 0.1) is 11.1 Å². The van der Waals surface area contributed by atoms with Crippen LogP contribution in [-0.2, 0) is 6.42 Å². The van der Waals surface area contributed by atoms with Gasteiger partial charge in [-0.3, -0.25) is 0 Å². The van der Waals surface area contributed by atoms with Crippen LogP contribution in [0.3, 0.4) is 0 Å². The predicted molar refractivity (Wildman–Crippen MR) is 76.3 cm³/mol. The van der Waals surface area contributed by atoms with Gasteiger partial charge in [0.15, 0.2) is 0 Å². The van der Waals surface area contributed by atoms with E-state index >= 15 is 0 Å². The van der Waals surface area contributed by atoms with E-state index in [0.29, 0.717) is 11.4 Å². The zero-order chi connectivity index (χ0) is 14.0. The maximum atomic E-state index is 13.1. The molecule has 0 saturated heterocycles. The van der Waals surface area contributed by atoms with E-state index in [-0.39, 0.29) is 5.02 Å². The number of rotatable bonds is 3. The van der Waals surface area contributed by atoms with E-state index in [4.69, 9.17) is 23.2 Å². The van der Waals surface area contributed by atoms with Gasteiger partial charge in [-0.25, -0.2) is 4.39 Å². The summed E-state index contributed by atoms with van der Waals surface area (Å²) in [4.78, 5) is 0. The second kappa shape index (κ2) is 5.91. The maximum Gasteiger partial charge on any atom is 0.141 e. The molecule has 0 fully saturated rings. The molecule has 0 aromatic heterocycles. The van der Waals surface area contributed by atoms with E-state index in [1.165, 1.54) is 12.1 Å². The first-order chi connectivity index (χ1) is 8.97. The van der Waals surface area contributed by atoms with Crippen LogP contribution in [0.25, 0.3) is 0 Å². The van der Waals surface area contributed by atoms with Crippen molar-refractivity contribution in [3.63, 3.8) is 0 Å². The van der Waals surface area contributed by atoms with Gasteiger partial charge in [0.25, 0.3) is 0 Å². The first-order valence-electron chi connectivity index (χ1n) is 5.85. The molecule has 2 aromatic carbocycles. The van der Waals surface area contributed by atoms with Crippen molar-refractivity contribution < 1.29 is 9.50 Å². The van der Waals surface area contributed by atoms with Crippen LogP contribution in [0.15, 0.2) is 36.4 Å². The van der Waals surface area contributed by atoms with Crippen molar-refractivity contribution >= 4 is 23.2 Å². The minimum Gasteiger partial charge on any atom is -0.388 e. The molecule has 0 bridgehead atoms. The van der Waals surface area contributed by atoms with Crippen molar-refractivity contribution in [2.45, 2.75) is 19.4 Å². The molecule has 0 amide bonds. The van der Waals surface area contributed by atoms with Crippen molar-refractivity contribution in [3.8, 4) is 0 Å². The topological polar surface area (TPSA) is 20.2 Å². The second-order valence-electron chi connectivity index (χ2n) is 4.47. The maximum absolute atomic E-state index is 13.1. The lowest BCUT2D eigenvalue weighted by Crippen LogP contribution is -2.04. The summed E-state index contributed by atoms with van der Waals surface area (Å²) < 4.78 is 13.1. The van der Waals surface area contributed by atoms with Crippen LogP contribution in [0.5, 0.6) is 0 Å². The largest absolute Gasteiger partial charge is 0.388 e. The summed E-state index contributed by atoms with van der Waals surface area (Å²) in [5.41, 5.74) is 2.52. The van der Waals surface area contributed by atoms with Gasteiger partial charge in [-0.2, -0.15) is 0 Å². The van der Waals surface area contributed by atoms with Crippen LogP contribution in [0.2, 0.25) is 10.0 Å². The van der Waals surface area contributed by atoms with Crippen LogP contribution in [0.4, 0.5) is 4.39 Å². The normalized spacial score (nSPS) is 12.5. The second-order valence-corrected chi connectivity index (χ2v) is 5.31. The Morgan fingerprint density at radius 1 is 1.16 bits per heavy atom. The van der Waals surface area contributed by atoms with Gasteiger partial charge in [-0.05, 0) is 47.9 Å². The molecule has 0 heterocycles. The summed E-state index contributed by atoms with van der Waals surface area (Å²) in [7, 11) is 0. The number of aliphatic hydroxyl groups is 1. The molecule has 0 aliphatic heterocycles. The first kappa shape index (κ1) is 14.3. The van der Waals surface area contributed by atoms with Crippen molar-refractivity contribution in [1.29, 1.82) is 0 Å². The van der Waals surface area contributed by atoms with Crippen molar-refractivity contribution in [2.75, 3.05) is 0 Å². The third-order valence-corrected chi connectivity index (χ3v) is 3.53. The number of aryl methyl sites for hydroxylation is 1. The number of benzene rings is 2. The van der Waals surface area contributed by atoms with Crippen molar-refractivity contribution in [3.05, 3.63) is 69.0 Å². The lowest BCUT2D eigenvalue weighted by atomic mass is 9.98. The third kappa shape index (κ3) is 3.47. The lowest BCUT2D eigenvalue weighted by molar-refractivity contribution is 0.177. The van der Waals surface area contributed by atoms with Gasteiger partial charge in [0.1, 0.15) is 5.82 Å². The number of aliphatic hydroxyl groups excluding tert-OH is 1. The Balaban J connectivity index is 2.20. The zero-order valence-corrected chi connectivity index (χ0v) is 11.8. The fourth-order valence-electron chi connectivity index (χ4n) is 2.01. The van der Waals surface area contributed by atoms with Gasteiger partial charge in [0.2, 0.25) is 0 Å². The lowest BCUT2D eigenvalue weighted by Gasteiger charge is -2.14. The van der Waals surface area contributed by atoms with E-state index in [1.54, 1.807) is 24.3 Å². The zero-order valence-electron chi connectivity index (χ0n) is 10.3. The Bertz CT molecular complexity index is 599. The highest BCUT2D eigenvalue weighted by molar-refractivity contribution is 6.31. The molecular weight excluding hydrogens is 286 g/mol. The van der Waals surface area contributed by atoms with Crippen LogP contribution in [0, 0.1) is 12.7 Å². The Morgan fingerprint density at radius 2 is 1.89 bits per heavy atom. The third-order valence-electron chi connectivity index (χ3n) is 3.00. The van der Waals surface area contributed by atoms with E-state index < -0.39 is 11.9 Å². The summed E-state index contributed by atoms with van der Waals surface area (Å²) in [6.07, 6.45) is -0.290. The quantitative estimate of drug-likeness (QED) is 0.869. The highest BCUT2D eigenvalue weighted by Gasteiger charge is 2.12. The molecule has 1 unspecified atom stereocenters. The summed E-state index contributed by atoms with van der Waals surface area (Å²) >= 11 is 11.6. The molecule has 2 aromatic rings. The summed E-state index contributed by atoms with van der Waals surface area (Å²) in [5, 5.41) is 10.9. The Kier molecular flexibility index (Phi) is 4.46. The average Bonchev–Trinajstić information content (AvgIpc) is 2.33. The molecule has 1 atom stereocenters. The average molecular weight is 299 g/mol. The van der Waals surface area contributed by atoms with E-state index in [0.717, 1.165) is 16.7 Å². The van der Waals surface area contributed by atoms with Gasteiger partial charge in [0, 0.05) is 11.4 Å². The smallest absolute Gasteiger partial charge is 0.141 e. The minimum absolute atomic E-state index is 0.0672. The van der Waals surface area contributed by atoms with Gasteiger partial charge in [-0.15, -0.1) is 0 Å². The molecule has 0 aliphatic carbocycles. The van der Waals surface area contributed by atoms with E-state index in [2.05, 4.69) is 0 Å². The van der Waals surface area contributed by atoms with Crippen LogP contribution in [-0.4, -0.2) is 5.11 Å². The molecular formula is C15H13Cl2FO. The molecule has 100 valence electrons. The Morgan fingerprint density at radius 3 is 2.53 bits per heavy atom. The summed E-state index contributed by atoms with van der Waals surface area (Å²) in [6.45, 7) is 1.89. The molecule has 0 spiro atoms. The van der Waals surface area contributed by atoms with E-state index in [9.17, 15) is 9.50 Å². The number of halogens is 3. The van der Waals surface area contributed by atoms with Crippen LogP contribution >= 0.6 is 23.2 Å². The number of hydrogen-bond donors (Lipinski definition) is 1. The Hall–Kier alpha value is -1.09. The molecule has 0 saturated carbocycles. The van der Waals surface area contributed by atoms with Gasteiger partial charge < -0.3 is 5.11 Å². The molecule has 19 heavy (non-hydrogen) atoms. The molecule has 1 nitrogen and oxygen atoms in total. The van der Waals surface area contributed by atoms with Crippen molar-refractivity contribution in [1.82, 2.24) is 0 Å². The van der Waals surface area contributed by atoms with E-state index in [1.807, 2.05) is 6.92 Å². The monoisotopic (exact) mass is 298 g/mol. The number of hydrogen-bond acceptors (Lipinski definition) is 1.